The molecule has 0 radical (unpaired) electrons. The smallest absolute Gasteiger partial charge is 0.220 e. The number of sulfone groups is 1. The van der Waals surface area contributed by atoms with Gasteiger partial charge in [0.1, 0.15) is 5.75 Å². The number of hydrogen-bond acceptors (Lipinski definition) is 5. The lowest BCUT2D eigenvalue weighted by atomic mass is 9.92. The molecule has 0 spiro atoms. The van der Waals surface area contributed by atoms with E-state index in [1.807, 2.05) is 13.8 Å². The highest BCUT2D eigenvalue weighted by molar-refractivity contribution is 7.90. The van der Waals surface area contributed by atoms with Crippen LogP contribution in [-0.4, -0.2) is 39.3 Å². The zero-order chi connectivity index (χ0) is 18.2. The molecule has 0 unspecified atom stereocenters. The second-order valence-electron chi connectivity index (χ2n) is 5.94. The second kappa shape index (κ2) is 9.03. The van der Waals surface area contributed by atoms with Crippen LogP contribution in [0, 0.1) is 0 Å². The standard InChI is InChI=1S/C17H28N2O4S/c1-4-17(5-2,13-18)19-16(20)7-6-12-23-14-8-10-15(11-9-14)24(3,21)22/h8-11H,4-7,12-13,18H2,1-3H3,(H,19,20). The number of rotatable bonds is 10. The number of carbonyl (C=O) groups is 1. The van der Waals surface area contributed by atoms with Crippen LogP contribution in [0.2, 0.25) is 0 Å². The molecule has 0 saturated carbocycles. The van der Waals surface area contributed by atoms with Crippen molar-refractivity contribution in [1.29, 1.82) is 0 Å². The predicted octanol–water partition coefficient (Wildman–Crippen LogP) is 1.88. The normalized spacial score (nSPS) is 12.0. The van der Waals surface area contributed by atoms with Gasteiger partial charge in [0.25, 0.3) is 0 Å². The molecular weight excluding hydrogens is 328 g/mol. The Kier molecular flexibility index (Phi) is 7.69. The number of benzene rings is 1. The molecule has 0 saturated heterocycles. The summed E-state index contributed by atoms with van der Waals surface area (Å²) in [5.74, 6) is 0.557. The summed E-state index contributed by atoms with van der Waals surface area (Å²) in [6.45, 7) is 4.84. The van der Waals surface area contributed by atoms with Gasteiger partial charge in [-0.3, -0.25) is 4.79 Å². The van der Waals surface area contributed by atoms with Gasteiger partial charge in [0, 0.05) is 19.2 Å². The maximum absolute atomic E-state index is 12.0. The van der Waals surface area contributed by atoms with E-state index in [4.69, 9.17) is 10.5 Å². The number of nitrogens with two attached hydrogens (primary N) is 1. The molecule has 6 nitrogen and oxygen atoms in total. The fraction of sp³-hybridized carbons (Fsp3) is 0.588. The molecule has 0 aliphatic carbocycles. The van der Waals surface area contributed by atoms with E-state index >= 15 is 0 Å². The Hall–Kier alpha value is -1.60. The van der Waals surface area contributed by atoms with Crippen LogP contribution in [0.3, 0.4) is 0 Å². The highest BCUT2D eigenvalue weighted by Gasteiger charge is 2.25. The first kappa shape index (κ1) is 20.4. The Bertz CT molecular complexity index is 614. The lowest BCUT2D eigenvalue weighted by Crippen LogP contribution is -2.52. The first-order valence-electron chi connectivity index (χ1n) is 8.20. The maximum atomic E-state index is 12.0. The Balaban J connectivity index is 2.39. The third-order valence-corrected chi connectivity index (χ3v) is 5.35. The summed E-state index contributed by atoms with van der Waals surface area (Å²) < 4.78 is 28.3. The fourth-order valence-electron chi connectivity index (χ4n) is 2.33. The van der Waals surface area contributed by atoms with E-state index in [1.54, 1.807) is 12.1 Å². The van der Waals surface area contributed by atoms with E-state index in [-0.39, 0.29) is 16.3 Å². The lowest BCUT2D eigenvalue weighted by Gasteiger charge is -2.31. The van der Waals surface area contributed by atoms with Gasteiger partial charge in [0.15, 0.2) is 9.84 Å². The Labute approximate surface area is 144 Å². The maximum Gasteiger partial charge on any atom is 0.220 e. The molecule has 0 bridgehead atoms. The van der Waals surface area contributed by atoms with Gasteiger partial charge in [-0.2, -0.15) is 0 Å². The molecule has 0 fully saturated rings. The van der Waals surface area contributed by atoms with Crippen molar-refractivity contribution in [3.63, 3.8) is 0 Å². The highest BCUT2D eigenvalue weighted by atomic mass is 32.2. The summed E-state index contributed by atoms with van der Waals surface area (Å²) in [5.41, 5.74) is 5.45. The molecule has 1 aromatic carbocycles. The van der Waals surface area contributed by atoms with E-state index in [0.717, 1.165) is 19.1 Å². The van der Waals surface area contributed by atoms with Gasteiger partial charge in [-0.15, -0.1) is 0 Å². The van der Waals surface area contributed by atoms with Gasteiger partial charge in [-0.05, 0) is 43.5 Å². The van der Waals surface area contributed by atoms with Crippen molar-refractivity contribution in [2.75, 3.05) is 19.4 Å². The van der Waals surface area contributed by atoms with Crippen molar-refractivity contribution in [3.8, 4) is 5.75 Å². The van der Waals surface area contributed by atoms with Crippen molar-refractivity contribution >= 4 is 15.7 Å². The van der Waals surface area contributed by atoms with E-state index in [1.165, 1.54) is 12.1 Å². The van der Waals surface area contributed by atoms with Gasteiger partial charge < -0.3 is 15.8 Å². The van der Waals surface area contributed by atoms with Gasteiger partial charge in [-0.25, -0.2) is 8.42 Å². The molecule has 3 N–H and O–H groups in total. The average Bonchev–Trinajstić information content (AvgIpc) is 2.56. The zero-order valence-corrected chi connectivity index (χ0v) is 15.5. The molecule has 0 aliphatic rings. The van der Waals surface area contributed by atoms with Crippen LogP contribution in [0.4, 0.5) is 0 Å². The molecule has 1 amide bonds. The third-order valence-electron chi connectivity index (χ3n) is 4.22. The van der Waals surface area contributed by atoms with Crippen LogP contribution >= 0.6 is 0 Å². The molecule has 0 aliphatic heterocycles. The van der Waals surface area contributed by atoms with Crippen molar-refractivity contribution in [1.82, 2.24) is 5.32 Å². The zero-order valence-electron chi connectivity index (χ0n) is 14.7. The van der Waals surface area contributed by atoms with Gasteiger partial charge >= 0.3 is 0 Å². The lowest BCUT2D eigenvalue weighted by molar-refractivity contribution is -0.123. The third kappa shape index (κ3) is 6.13. The van der Waals surface area contributed by atoms with Gasteiger partial charge in [0.05, 0.1) is 17.0 Å². The SMILES string of the molecule is CCC(CC)(CN)NC(=O)CCCOc1ccc(S(C)(=O)=O)cc1. The summed E-state index contributed by atoms with van der Waals surface area (Å²) in [5, 5.41) is 3.02. The molecule has 0 heterocycles. The van der Waals surface area contributed by atoms with Gasteiger partial charge in [-0.1, -0.05) is 13.8 Å². The largest absolute Gasteiger partial charge is 0.494 e. The number of carbonyl (C=O) groups excluding carboxylic acids is 1. The minimum Gasteiger partial charge on any atom is -0.494 e. The van der Waals surface area contributed by atoms with Crippen LogP contribution in [0.1, 0.15) is 39.5 Å². The first-order chi connectivity index (χ1) is 11.3. The molecule has 24 heavy (non-hydrogen) atoms. The molecule has 1 rings (SSSR count). The van der Waals surface area contributed by atoms with Crippen LogP contribution in [0.15, 0.2) is 29.2 Å². The van der Waals surface area contributed by atoms with E-state index in [9.17, 15) is 13.2 Å². The summed E-state index contributed by atoms with van der Waals surface area (Å²) in [6.07, 6.45) is 3.70. The Morgan fingerprint density at radius 2 is 1.79 bits per heavy atom. The molecule has 0 aromatic heterocycles. The Morgan fingerprint density at radius 3 is 2.25 bits per heavy atom. The van der Waals surface area contributed by atoms with Crippen LogP contribution in [-0.2, 0) is 14.6 Å². The average molecular weight is 356 g/mol. The molecule has 1 aromatic rings. The molecular formula is C17H28N2O4S. The topological polar surface area (TPSA) is 98.5 Å². The predicted molar refractivity (Wildman–Crippen MR) is 94.8 cm³/mol. The van der Waals surface area contributed by atoms with Crippen LogP contribution in [0.25, 0.3) is 0 Å². The minimum atomic E-state index is -3.20. The molecule has 0 atom stereocenters. The monoisotopic (exact) mass is 356 g/mol. The van der Waals surface area contributed by atoms with Crippen LogP contribution < -0.4 is 15.8 Å². The number of nitrogens with one attached hydrogen (secondary N) is 1. The number of amides is 1. The molecule has 136 valence electrons. The highest BCUT2D eigenvalue weighted by Crippen LogP contribution is 2.16. The quantitative estimate of drug-likeness (QED) is 0.624. The van der Waals surface area contributed by atoms with Crippen molar-refractivity contribution in [3.05, 3.63) is 24.3 Å². The first-order valence-corrected chi connectivity index (χ1v) is 10.1. The minimum absolute atomic E-state index is 0.0276. The van der Waals surface area contributed by atoms with Crippen LogP contribution in [0.5, 0.6) is 5.75 Å². The molecule has 7 heteroatoms. The van der Waals surface area contributed by atoms with E-state index < -0.39 is 9.84 Å². The van der Waals surface area contributed by atoms with Crippen molar-refractivity contribution < 1.29 is 17.9 Å². The second-order valence-corrected chi connectivity index (χ2v) is 7.95. The number of ether oxygens (including phenoxy) is 1. The number of hydrogen-bond donors (Lipinski definition) is 2. The summed E-state index contributed by atoms with van der Waals surface area (Å²) in [6, 6.07) is 6.25. The summed E-state index contributed by atoms with van der Waals surface area (Å²) >= 11 is 0. The fourth-order valence-corrected chi connectivity index (χ4v) is 2.96. The van der Waals surface area contributed by atoms with Crippen molar-refractivity contribution in [2.45, 2.75) is 50.0 Å². The van der Waals surface area contributed by atoms with E-state index in [2.05, 4.69) is 5.32 Å². The van der Waals surface area contributed by atoms with E-state index in [0.29, 0.717) is 31.7 Å². The van der Waals surface area contributed by atoms with Crippen molar-refractivity contribution in [2.24, 2.45) is 5.73 Å². The Morgan fingerprint density at radius 1 is 1.21 bits per heavy atom. The van der Waals surface area contributed by atoms with Gasteiger partial charge in [0.2, 0.25) is 5.91 Å². The summed E-state index contributed by atoms with van der Waals surface area (Å²) in [7, 11) is -3.20. The summed E-state index contributed by atoms with van der Waals surface area (Å²) in [4.78, 5) is 12.3.